The average molecular weight is 513 g/mol. The molecule has 198 valence electrons. The Labute approximate surface area is 224 Å². The first-order valence-electron chi connectivity index (χ1n) is 13.1. The molecule has 0 fully saturated rings. The number of hydrogen-bond acceptors (Lipinski definition) is 4. The third-order valence-corrected chi connectivity index (χ3v) is 6.15. The number of amides is 2. The van der Waals surface area contributed by atoms with Crippen LogP contribution in [0.1, 0.15) is 50.0 Å². The van der Waals surface area contributed by atoms with Gasteiger partial charge in [-0.15, -0.1) is 0 Å². The van der Waals surface area contributed by atoms with E-state index >= 15 is 0 Å². The molecule has 7 heteroatoms. The number of benzene rings is 2. The number of rotatable bonds is 8. The van der Waals surface area contributed by atoms with E-state index in [1.54, 1.807) is 4.90 Å². The minimum absolute atomic E-state index is 0.177. The number of nitrogens with one attached hydrogen (secondary N) is 1. The fraction of sp³-hybridized carbons (Fsp3) is 0.323. The Balaban J connectivity index is 1.42. The van der Waals surface area contributed by atoms with Crippen molar-refractivity contribution in [2.75, 3.05) is 19.6 Å². The van der Waals surface area contributed by atoms with E-state index in [-0.39, 0.29) is 12.0 Å². The Bertz CT molecular complexity index is 1400. The van der Waals surface area contributed by atoms with Crippen molar-refractivity contribution >= 4 is 17.6 Å². The highest BCUT2D eigenvalue weighted by Gasteiger charge is 2.21. The van der Waals surface area contributed by atoms with Crippen molar-refractivity contribution in [2.24, 2.45) is 0 Å². The molecule has 7 nitrogen and oxygen atoms in total. The summed E-state index contributed by atoms with van der Waals surface area (Å²) in [6.45, 7) is 10.9. The van der Waals surface area contributed by atoms with Crippen LogP contribution in [0.4, 0.5) is 4.79 Å². The summed E-state index contributed by atoms with van der Waals surface area (Å²) in [6, 6.07) is 20.0. The van der Waals surface area contributed by atoms with Crippen LogP contribution in [0.3, 0.4) is 0 Å². The molecule has 0 saturated heterocycles. The lowest BCUT2D eigenvalue weighted by Gasteiger charge is -2.27. The highest BCUT2D eigenvalue weighted by Crippen LogP contribution is 2.26. The molecule has 2 amide bonds. The molecule has 0 unspecified atom stereocenters. The van der Waals surface area contributed by atoms with Crippen LogP contribution in [0, 0.1) is 6.92 Å². The van der Waals surface area contributed by atoms with E-state index < -0.39 is 5.60 Å². The molecule has 4 aromatic rings. The van der Waals surface area contributed by atoms with Gasteiger partial charge in [-0.25, -0.2) is 9.78 Å². The van der Waals surface area contributed by atoms with Gasteiger partial charge in [-0.3, -0.25) is 9.20 Å². The predicted molar refractivity (Wildman–Crippen MR) is 151 cm³/mol. The summed E-state index contributed by atoms with van der Waals surface area (Å²) < 4.78 is 7.57. The number of imidazole rings is 1. The van der Waals surface area contributed by atoms with Gasteiger partial charge < -0.3 is 15.0 Å². The molecule has 0 spiro atoms. The van der Waals surface area contributed by atoms with Gasteiger partial charge in [-0.1, -0.05) is 48.9 Å². The highest BCUT2D eigenvalue weighted by molar-refractivity contribution is 5.94. The summed E-state index contributed by atoms with van der Waals surface area (Å²) >= 11 is 0. The second-order valence-electron chi connectivity index (χ2n) is 10.5. The van der Waals surface area contributed by atoms with Gasteiger partial charge in [0.05, 0.1) is 11.9 Å². The molecule has 38 heavy (non-hydrogen) atoms. The Hall–Kier alpha value is -4.13. The standard InChI is InChI=1S/C31H36N4O3/c1-6-18-34(30(37)38-31(3,4)5)19-17-32-29(36)25-13-11-23(12-14-25)26-15-16-28-33-20-27(35(28)21-26)24-9-7-22(2)8-10-24/h7-16,20-21H,6,17-19H2,1-5H3,(H,32,36). The zero-order valence-electron chi connectivity index (χ0n) is 22.8. The van der Waals surface area contributed by atoms with Crippen LogP contribution in [0.5, 0.6) is 0 Å². The second-order valence-corrected chi connectivity index (χ2v) is 10.5. The SMILES string of the molecule is CCCN(CCNC(=O)c1ccc(-c2ccc3ncc(-c4ccc(C)cc4)n3c2)cc1)C(=O)OC(C)(C)C. The van der Waals surface area contributed by atoms with Crippen LogP contribution in [0.2, 0.25) is 0 Å². The molecule has 0 aliphatic heterocycles. The number of aryl methyl sites for hydroxylation is 1. The largest absolute Gasteiger partial charge is 0.444 e. The number of fused-ring (bicyclic) bond motifs is 1. The number of carbonyl (C=O) groups excluding carboxylic acids is 2. The van der Waals surface area contributed by atoms with E-state index in [2.05, 4.69) is 52.1 Å². The van der Waals surface area contributed by atoms with Gasteiger partial charge in [0, 0.05) is 37.0 Å². The molecule has 0 radical (unpaired) electrons. The van der Waals surface area contributed by atoms with Gasteiger partial charge in [0.15, 0.2) is 0 Å². The number of nitrogens with zero attached hydrogens (tertiary/aromatic N) is 3. The molecular formula is C31H36N4O3. The average Bonchev–Trinajstić information content (AvgIpc) is 3.31. The van der Waals surface area contributed by atoms with Crippen molar-refractivity contribution in [3.63, 3.8) is 0 Å². The Morgan fingerprint density at radius 2 is 1.58 bits per heavy atom. The molecule has 1 N–H and O–H groups in total. The minimum atomic E-state index is -0.557. The summed E-state index contributed by atoms with van der Waals surface area (Å²) in [6.07, 6.45) is 4.41. The molecule has 2 aromatic carbocycles. The smallest absolute Gasteiger partial charge is 0.410 e. The first kappa shape index (κ1) is 26.9. The number of carbonyl (C=O) groups is 2. The fourth-order valence-corrected chi connectivity index (χ4v) is 4.20. The first-order valence-corrected chi connectivity index (χ1v) is 13.1. The van der Waals surface area contributed by atoms with Crippen LogP contribution in [-0.4, -0.2) is 51.5 Å². The molecule has 0 bridgehead atoms. The molecule has 0 aliphatic rings. The first-order chi connectivity index (χ1) is 18.1. The van der Waals surface area contributed by atoms with Crippen molar-refractivity contribution in [1.29, 1.82) is 0 Å². The fourth-order valence-electron chi connectivity index (χ4n) is 4.20. The van der Waals surface area contributed by atoms with E-state index in [4.69, 9.17) is 4.74 Å². The summed E-state index contributed by atoms with van der Waals surface area (Å²) in [5.41, 5.74) is 6.28. The molecular weight excluding hydrogens is 476 g/mol. The van der Waals surface area contributed by atoms with E-state index in [9.17, 15) is 9.59 Å². The third kappa shape index (κ3) is 6.59. The van der Waals surface area contributed by atoms with Crippen molar-refractivity contribution in [2.45, 2.75) is 46.6 Å². The van der Waals surface area contributed by atoms with E-state index in [0.717, 1.165) is 34.5 Å². The second kappa shape index (κ2) is 11.5. The van der Waals surface area contributed by atoms with Gasteiger partial charge in [0.25, 0.3) is 5.91 Å². The van der Waals surface area contributed by atoms with Crippen molar-refractivity contribution in [1.82, 2.24) is 19.6 Å². The van der Waals surface area contributed by atoms with Crippen LogP contribution in [-0.2, 0) is 4.74 Å². The maximum atomic E-state index is 12.7. The molecule has 2 aromatic heterocycles. The lowest BCUT2D eigenvalue weighted by atomic mass is 10.0. The van der Waals surface area contributed by atoms with Crippen molar-refractivity contribution in [3.8, 4) is 22.4 Å². The summed E-state index contributed by atoms with van der Waals surface area (Å²) in [5.74, 6) is -0.177. The maximum absolute atomic E-state index is 12.7. The Morgan fingerprint density at radius 1 is 0.921 bits per heavy atom. The van der Waals surface area contributed by atoms with Crippen molar-refractivity contribution in [3.05, 3.63) is 84.2 Å². The van der Waals surface area contributed by atoms with E-state index in [1.807, 2.05) is 70.3 Å². The lowest BCUT2D eigenvalue weighted by Crippen LogP contribution is -2.41. The minimum Gasteiger partial charge on any atom is -0.444 e. The number of ether oxygens (including phenoxy) is 1. The quantitative estimate of drug-likeness (QED) is 0.298. The lowest BCUT2D eigenvalue weighted by molar-refractivity contribution is 0.0250. The number of aromatic nitrogens is 2. The summed E-state index contributed by atoms with van der Waals surface area (Å²) in [7, 11) is 0. The molecule has 4 rings (SSSR count). The zero-order valence-corrected chi connectivity index (χ0v) is 22.8. The topological polar surface area (TPSA) is 75.9 Å². The maximum Gasteiger partial charge on any atom is 0.410 e. The van der Waals surface area contributed by atoms with Crippen LogP contribution in [0.15, 0.2) is 73.1 Å². The van der Waals surface area contributed by atoms with Gasteiger partial charge in [-0.05, 0) is 69.5 Å². The van der Waals surface area contributed by atoms with Gasteiger partial charge in [-0.2, -0.15) is 0 Å². The third-order valence-electron chi connectivity index (χ3n) is 6.15. The van der Waals surface area contributed by atoms with E-state index in [1.165, 1.54) is 5.56 Å². The van der Waals surface area contributed by atoms with Crippen LogP contribution >= 0.6 is 0 Å². The normalized spacial score (nSPS) is 11.4. The van der Waals surface area contributed by atoms with Crippen LogP contribution in [0.25, 0.3) is 28.0 Å². The highest BCUT2D eigenvalue weighted by atomic mass is 16.6. The predicted octanol–water partition coefficient (Wildman–Crippen LogP) is 6.35. The van der Waals surface area contributed by atoms with Crippen LogP contribution < -0.4 is 5.32 Å². The monoisotopic (exact) mass is 512 g/mol. The number of hydrogen-bond donors (Lipinski definition) is 1. The molecule has 2 heterocycles. The zero-order chi connectivity index (χ0) is 27.3. The molecule has 0 atom stereocenters. The van der Waals surface area contributed by atoms with Crippen molar-refractivity contribution < 1.29 is 14.3 Å². The van der Waals surface area contributed by atoms with Gasteiger partial charge >= 0.3 is 6.09 Å². The van der Waals surface area contributed by atoms with Gasteiger partial charge in [0.2, 0.25) is 0 Å². The Kier molecular flexibility index (Phi) is 8.15. The summed E-state index contributed by atoms with van der Waals surface area (Å²) in [4.78, 5) is 31.3. The molecule has 0 saturated carbocycles. The molecule has 0 aliphatic carbocycles. The summed E-state index contributed by atoms with van der Waals surface area (Å²) in [5, 5.41) is 2.91. The van der Waals surface area contributed by atoms with E-state index in [0.29, 0.717) is 25.2 Å². The Morgan fingerprint density at radius 3 is 2.24 bits per heavy atom. The number of pyridine rings is 1. The van der Waals surface area contributed by atoms with Gasteiger partial charge in [0.1, 0.15) is 11.2 Å².